The molecule has 1 aliphatic rings. The van der Waals surface area contributed by atoms with Crippen LogP contribution >= 0.6 is 0 Å². The van der Waals surface area contributed by atoms with E-state index < -0.39 is 12.3 Å². The van der Waals surface area contributed by atoms with E-state index in [1.165, 1.54) is 0 Å². The highest BCUT2D eigenvalue weighted by atomic mass is 19.4. The number of fused-ring (bicyclic) bond motifs is 1. The van der Waals surface area contributed by atoms with Crippen LogP contribution in [0.5, 0.6) is 11.5 Å². The molecule has 8 heteroatoms. The largest absolute Gasteiger partial charge is 0.485 e. The van der Waals surface area contributed by atoms with Crippen LogP contribution in [0.25, 0.3) is 0 Å². The van der Waals surface area contributed by atoms with Crippen molar-refractivity contribution in [1.82, 2.24) is 10.6 Å². The van der Waals surface area contributed by atoms with Gasteiger partial charge in [0.1, 0.15) is 0 Å². The Morgan fingerprint density at radius 2 is 2.00 bits per heavy atom. The second kappa shape index (κ2) is 4.63. The van der Waals surface area contributed by atoms with E-state index in [0.717, 1.165) is 5.32 Å². The van der Waals surface area contributed by atoms with Crippen molar-refractivity contribution in [3.05, 3.63) is 23.8 Å². The lowest BCUT2D eigenvalue weighted by Gasteiger charge is -2.10. The van der Waals surface area contributed by atoms with E-state index in [1.54, 1.807) is 18.2 Å². The predicted octanol–water partition coefficient (Wildman–Crippen LogP) is 1.73. The summed E-state index contributed by atoms with van der Waals surface area (Å²) in [6, 6.07) is 3.54. The van der Waals surface area contributed by atoms with Crippen molar-refractivity contribution in [2.45, 2.75) is 12.8 Å². The molecule has 98 valence electrons. The number of hydrogen-bond acceptors (Lipinski definition) is 3. The average Bonchev–Trinajstić information content (AvgIpc) is 2.71. The third-order valence-corrected chi connectivity index (χ3v) is 2.15. The number of amides is 2. The fourth-order valence-corrected chi connectivity index (χ4v) is 1.41. The van der Waals surface area contributed by atoms with Crippen LogP contribution in [-0.2, 0) is 6.54 Å². The third kappa shape index (κ3) is 3.19. The van der Waals surface area contributed by atoms with E-state index in [-0.39, 0.29) is 13.3 Å². The van der Waals surface area contributed by atoms with Gasteiger partial charge >= 0.3 is 12.3 Å². The molecule has 0 fully saturated rings. The number of hydrogen-bond donors (Lipinski definition) is 2. The average molecular weight is 262 g/mol. The van der Waals surface area contributed by atoms with Gasteiger partial charge in [-0.2, -0.15) is 13.2 Å². The fourth-order valence-electron chi connectivity index (χ4n) is 1.41. The molecule has 1 aliphatic heterocycles. The standard InChI is InChI=1S/C10H9F3N2O3/c11-10(12,13)15-9(16)14-4-6-1-2-7-8(3-6)18-5-17-7/h1-3H,4-5H2,(H2,14,15,16). The van der Waals surface area contributed by atoms with Crippen LogP contribution < -0.4 is 20.1 Å². The maximum absolute atomic E-state index is 11.8. The van der Waals surface area contributed by atoms with Crippen LogP contribution in [0.15, 0.2) is 18.2 Å². The van der Waals surface area contributed by atoms with Crippen LogP contribution in [0.1, 0.15) is 5.56 Å². The molecule has 0 atom stereocenters. The van der Waals surface area contributed by atoms with Gasteiger partial charge in [-0.25, -0.2) is 10.1 Å². The van der Waals surface area contributed by atoms with Gasteiger partial charge in [0.05, 0.1) is 0 Å². The molecule has 0 saturated heterocycles. The minimum absolute atomic E-state index is 0.0431. The normalized spacial score (nSPS) is 13.3. The second-order valence-electron chi connectivity index (χ2n) is 3.49. The minimum atomic E-state index is -4.74. The number of nitrogens with one attached hydrogen (secondary N) is 2. The van der Waals surface area contributed by atoms with E-state index in [2.05, 4.69) is 5.32 Å². The molecule has 0 unspecified atom stereocenters. The van der Waals surface area contributed by atoms with Crippen molar-refractivity contribution < 1.29 is 27.4 Å². The lowest BCUT2D eigenvalue weighted by molar-refractivity contribution is -0.145. The smallest absolute Gasteiger partial charge is 0.454 e. The third-order valence-electron chi connectivity index (χ3n) is 2.15. The zero-order chi connectivity index (χ0) is 13.2. The second-order valence-corrected chi connectivity index (χ2v) is 3.49. The summed E-state index contributed by atoms with van der Waals surface area (Å²) < 4.78 is 45.6. The molecule has 0 spiro atoms. The van der Waals surface area contributed by atoms with E-state index >= 15 is 0 Å². The van der Waals surface area contributed by atoms with Gasteiger partial charge in [-0.05, 0) is 17.7 Å². The highest BCUT2D eigenvalue weighted by molar-refractivity contribution is 5.74. The molecule has 1 heterocycles. The Bertz CT molecular complexity index is 462. The first-order valence-electron chi connectivity index (χ1n) is 4.95. The molecule has 1 aromatic carbocycles. The number of carbonyl (C=O) groups is 1. The SMILES string of the molecule is O=C(NCc1ccc2c(c1)OCO2)NC(F)(F)F. The summed E-state index contributed by atoms with van der Waals surface area (Å²) in [6.45, 7) is 0.0688. The van der Waals surface area contributed by atoms with Crippen molar-refractivity contribution in [1.29, 1.82) is 0 Å². The van der Waals surface area contributed by atoms with Crippen molar-refractivity contribution >= 4 is 6.03 Å². The molecule has 0 saturated carbocycles. The van der Waals surface area contributed by atoms with E-state index in [0.29, 0.717) is 17.1 Å². The number of rotatable bonds is 2. The Kier molecular flexibility index (Phi) is 3.17. The van der Waals surface area contributed by atoms with Gasteiger partial charge in [0, 0.05) is 6.54 Å². The Hall–Kier alpha value is -2.12. The number of alkyl halides is 3. The summed E-state index contributed by atoms with van der Waals surface area (Å²) in [5.74, 6) is 1.07. The highest BCUT2D eigenvalue weighted by Gasteiger charge is 2.29. The summed E-state index contributed by atoms with van der Waals surface area (Å²) in [4.78, 5) is 10.9. The number of halogens is 3. The van der Waals surface area contributed by atoms with Gasteiger partial charge in [0.2, 0.25) is 6.79 Å². The molecule has 0 bridgehead atoms. The summed E-state index contributed by atoms with van der Waals surface area (Å²) in [6.07, 6.45) is -4.74. The van der Waals surface area contributed by atoms with Crippen molar-refractivity contribution in [3.8, 4) is 11.5 Å². The summed E-state index contributed by atoms with van der Waals surface area (Å²) in [5, 5.41) is 2.92. The molecule has 5 nitrogen and oxygen atoms in total. The number of urea groups is 1. The first-order valence-corrected chi connectivity index (χ1v) is 4.95. The van der Waals surface area contributed by atoms with Crippen molar-refractivity contribution in [3.63, 3.8) is 0 Å². The van der Waals surface area contributed by atoms with Gasteiger partial charge < -0.3 is 14.8 Å². The van der Waals surface area contributed by atoms with Crippen LogP contribution in [-0.4, -0.2) is 19.1 Å². The highest BCUT2D eigenvalue weighted by Crippen LogP contribution is 2.32. The van der Waals surface area contributed by atoms with Crippen LogP contribution in [0.3, 0.4) is 0 Å². The molecule has 0 aliphatic carbocycles. The van der Waals surface area contributed by atoms with Gasteiger partial charge in [-0.3, -0.25) is 0 Å². The lowest BCUT2D eigenvalue weighted by atomic mass is 10.2. The Labute approximate surface area is 99.9 Å². The van der Waals surface area contributed by atoms with Crippen molar-refractivity contribution in [2.24, 2.45) is 0 Å². The summed E-state index contributed by atoms with van der Waals surface area (Å²) in [5.41, 5.74) is 0.608. The molecule has 0 aromatic heterocycles. The minimum Gasteiger partial charge on any atom is -0.454 e. The maximum Gasteiger partial charge on any atom is 0.485 e. The van der Waals surface area contributed by atoms with E-state index in [9.17, 15) is 18.0 Å². The zero-order valence-corrected chi connectivity index (χ0v) is 9.00. The topological polar surface area (TPSA) is 59.6 Å². The molecule has 0 radical (unpaired) electrons. The summed E-state index contributed by atoms with van der Waals surface area (Å²) in [7, 11) is 0. The van der Waals surface area contributed by atoms with Gasteiger partial charge in [0.25, 0.3) is 0 Å². The maximum atomic E-state index is 11.8. The van der Waals surface area contributed by atoms with E-state index in [4.69, 9.17) is 9.47 Å². The van der Waals surface area contributed by atoms with E-state index in [1.807, 2.05) is 0 Å². The molecular formula is C10H9F3N2O3. The molecule has 18 heavy (non-hydrogen) atoms. The van der Waals surface area contributed by atoms with Gasteiger partial charge in [-0.1, -0.05) is 6.07 Å². The monoisotopic (exact) mass is 262 g/mol. The quantitative estimate of drug-likeness (QED) is 0.798. The Balaban J connectivity index is 1.89. The molecule has 1 aromatic rings. The Morgan fingerprint density at radius 1 is 1.28 bits per heavy atom. The molecule has 2 amide bonds. The van der Waals surface area contributed by atoms with Gasteiger partial charge in [0.15, 0.2) is 11.5 Å². The van der Waals surface area contributed by atoms with Crippen molar-refractivity contribution in [2.75, 3.05) is 6.79 Å². The number of benzene rings is 1. The molecule has 2 rings (SSSR count). The Morgan fingerprint density at radius 3 is 2.72 bits per heavy atom. The first-order chi connectivity index (χ1) is 8.44. The number of ether oxygens (including phenoxy) is 2. The molecule has 2 N–H and O–H groups in total. The van der Waals surface area contributed by atoms with Crippen LogP contribution in [0.4, 0.5) is 18.0 Å². The van der Waals surface area contributed by atoms with Crippen LogP contribution in [0.2, 0.25) is 0 Å². The molecular weight excluding hydrogens is 253 g/mol. The zero-order valence-electron chi connectivity index (χ0n) is 9.00. The lowest BCUT2D eigenvalue weighted by Crippen LogP contribution is -2.43. The fraction of sp³-hybridized carbons (Fsp3) is 0.300. The first kappa shape index (κ1) is 12.3. The van der Waals surface area contributed by atoms with Gasteiger partial charge in [-0.15, -0.1) is 0 Å². The summed E-state index contributed by atoms with van der Waals surface area (Å²) >= 11 is 0. The number of carbonyl (C=O) groups excluding carboxylic acids is 1. The van der Waals surface area contributed by atoms with Crippen LogP contribution in [0, 0.1) is 0 Å². The predicted molar refractivity (Wildman–Crippen MR) is 54.0 cm³/mol.